The molecule has 53 valence electrons. The maximum Gasteiger partial charge on any atom is 0.0890 e. The molecule has 0 aliphatic rings. The first-order valence-electron chi connectivity index (χ1n) is 3.40. The zero-order valence-electron chi connectivity index (χ0n) is 5.99. The molecule has 1 heterocycles. The Morgan fingerprint density at radius 3 is 2.64 bits per heavy atom. The van der Waals surface area contributed by atoms with E-state index in [-0.39, 0.29) is 0 Å². The van der Waals surface area contributed by atoms with Gasteiger partial charge in [-0.2, -0.15) is 0 Å². The van der Waals surface area contributed by atoms with Crippen molar-refractivity contribution in [3.8, 4) is 0 Å². The van der Waals surface area contributed by atoms with E-state index in [4.69, 9.17) is 0 Å². The van der Waals surface area contributed by atoms with E-state index in [1.165, 1.54) is 0 Å². The number of hydrogen-bond acceptors (Lipinski definition) is 2. The Balaban J connectivity index is 2.83. The number of hydrogen-bond donors (Lipinski definition) is 0. The highest BCUT2D eigenvalue weighted by Gasteiger charge is 1.92. The maximum atomic E-state index is 4.20. The predicted octanol–water partition coefficient (Wildman–Crippen LogP) is 1.81. The number of benzene rings is 1. The van der Waals surface area contributed by atoms with Gasteiger partial charge in [-0.25, -0.2) is 4.98 Å². The van der Waals surface area contributed by atoms with Gasteiger partial charge in [0.2, 0.25) is 0 Å². The van der Waals surface area contributed by atoms with Crippen molar-refractivity contribution in [3.63, 3.8) is 0 Å². The molecule has 0 aliphatic heterocycles. The van der Waals surface area contributed by atoms with Gasteiger partial charge in [-0.05, 0) is 19.1 Å². The highest BCUT2D eigenvalue weighted by molar-refractivity contribution is 5.73. The van der Waals surface area contributed by atoms with Crippen molar-refractivity contribution in [1.29, 1.82) is 0 Å². The molecule has 2 aromatic rings. The smallest absolute Gasteiger partial charge is 0.0890 e. The van der Waals surface area contributed by atoms with Crippen molar-refractivity contribution in [2.45, 2.75) is 0 Å². The number of aromatic nitrogens is 2. The predicted molar refractivity (Wildman–Crippen MR) is 44.0 cm³/mol. The third-order valence-electron chi connectivity index (χ3n) is 1.50. The summed E-state index contributed by atoms with van der Waals surface area (Å²) in [6.45, 7) is 3.70. The zero-order chi connectivity index (χ0) is 7.68. The van der Waals surface area contributed by atoms with Crippen molar-refractivity contribution in [2.24, 2.45) is 0 Å². The Labute approximate surface area is 64.9 Å². The van der Waals surface area contributed by atoms with Crippen LogP contribution in [0.3, 0.4) is 0 Å². The van der Waals surface area contributed by atoms with Crippen LogP contribution >= 0.6 is 0 Å². The summed E-state index contributed by atoms with van der Waals surface area (Å²) < 4.78 is 0. The minimum atomic E-state index is 0.712. The molecule has 0 saturated heterocycles. The van der Waals surface area contributed by atoms with E-state index in [2.05, 4.69) is 16.9 Å². The number of nitrogens with zero attached hydrogens (tertiary/aromatic N) is 2. The van der Waals surface area contributed by atoms with Crippen molar-refractivity contribution in [2.75, 3.05) is 0 Å². The van der Waals surface area contributed by atoms with Gasteiger partial charge in [-0.3, -0.25) is 4.98 Å². The highest BCUT2D eigenvalue weighted by Crippen LogP contribution is 2.06. The van der Waals surface area contributed by atoms with E-state index in [1.807, 2.05) is 24.3 Å². The van der Waals surface area contributed by atoms with Crippen molar-refractivity contribution < 1.29 is 0 Å². The molecule has 1 radical (unpaired) electrons. The van der Waals surface area contributed by atoms with Crippen LogP contribution in [0.2, 0.25) is 0 Å². The number of rotatable bonds is 0. The second kappa shape index (κ2) is 2.31. The van der Waals surface area contributed by atoms with Gasteiger partial charge in [0.25, 0.3) is 0 Å². The fourth-order valence-corrected chi connectivity index (χ4v) is 0.996. The standard InChI is InChI=1S/C9H7N2/c1-7-6-10-8-4-2-3-5-9(8)11-7/h2-6H,1H2. The quantitative estimate of drug-likeness (QED) is 0.562. The molecule has 0 bridgehead atoms. The maximum absolute atomic E-state index is 4.20. The Morgan fingerprint density at radius 2 is 1.82 bits per heavy atom. The van der Waals surface area contributed by atoms with E-state index in [9.17, 15) is 0 Å². The van der Waals surface area contributed by atoms with Crippen molar-refractivity contribution >= 4 is 11.0 Å². The number of fused-ring (bicyclic) bond motifs is 1. The summed E-state index contributed by atoms with van der Waals surface area (Å²) in [5.41, 5.74) is 2.53. The first kappa shape index (κ1) is 6.28. The lowest BCUT2D eigenvalue weighted by molar-refractivity contribution is 1.24. The van der Waals surface area contributed by atoms with Crippen LogP contribution in [0.5, 0.6) is 0 Å². The van der Waals surface area contributed by atoms with Crippen molar-refractivity contribution in [1.82, 2.24) is 9.97 Å². The lowest BCUT2D eigenvalue weighted by atomic mass is 10.3. The summed E-state index contributed by atoms with van der Waals surface area (Å²) in [7, 11) is 0. The molecule has 2 nitrogen and oxygen atoms in total. The average molecular weight is 143 g/mol. The second-order valence-electron chi connectivity index (χ2n) is 2.35. The molecule has 0 spiro atoms. The Hall–Kier alpha value is -1.44. The van der Waals surface area contributed by atoms with Gasteiger partial charge < -0.3 is 0 Å². The lowest BCUT2D eigenvalue weighted by Crippen LogP contribution is -1.85. The molecule has 0 unspecified atom stereocenters. The topological polar surface area (TPSA) is 25.8 Å². The SMILES string of the molecule is [CH2]c1cnc2ccccc2n1. The summed E-state index contributed by atoms with van der Waals surface area (Å²) in [5.74, 6) is 0. The molecule has 0 N–H and O–H groups in total. The third kappa shape index (κ3) is 1.07. The average Bonchev–Trinajstić information content (AvgIpc) is 2.04. The van der Waals surface area contributed by atoms with Crippen molar-refractivity contribution in [3.05, 3.63) is 43.1 Å². The minimum Gasteiger partial charge on any atom is -0.253 e. The van der Waals surface area contributed by atoms with Crippen LogP contribution < -0.4 is 0 Å². The molecule has 0 amide bonds. The molecular weight excluding hydrogens is 136 g/mol. The molecule has 11 heavy (non-hydrogen) atoms. The van der Waals surface area contributed by atoms with Gasteiger partial charge in [-0.1, -0.05) is 12.1 Å². The lowest BCUT2D eigenvalue weighted by Gasteiger charge is -1.94. The molecule has 2 heteroatoms. The van der Waals surface area contributed by atoms with Crippen LogP contribution in [-0.4, -0.2) is 9.97 Å². The van der Waals surface area contributed by atoms with Gasteiger partial charge in [0.05, 0.1) is 16.7 Å². The van der Waals surface area contributed by atoms with Gasteiger partial charge >= 0.3 is 0 Å². The van der Waals surface area contributed by atoms with E-state index >= 15 is 0 Å². The van der Waals surface area contributed by atoms with E-state index in [0.717, 1.165) is 11.0 Å². The molecular formula is C9H7N2. The summed E-state index contributed by atoms with van der Waals surface area (Å²) in [6, 6.07) is 7.75. The zero-order valence-corrected chi connectivity index (χ0v) is 5.99. The van der Waals surface area contributed by atoms with Crippen LogP contribution in [-0.2, 0) is 0 Å². The first-order valence-corrected chi connectivity index (χ1v) is 3.40. The summed E-state index contributed by atoms with van der Waals surface area (Å²) in [6.07, 6.45) is 1.67. The Morgan fingerprint density at radius 1 is 1.09 bits per heavy atom. The van der Waals surface area contributed by atoms with Gasteiger partial charge in [-0.15, -0.1) is 0 Å². The largest absolute Gasteiger partial charge is 0.253 e. The monoisotopic (exact) mass is 143 g/mol. The van der Waals surface area contributed by atoms with E-state index < -0.39 is 0 Å². The summed E-state index contributed by atoms with van der Waals surface area (Å²) in [4.78, 5) is 8.36. The summed E-state index contributed by atoms with van der Waals surface area (Å²) >= 11 is 0. The summed E-state index contributed by atoms with van der Waals surface area (Å²) in [5, 5.41) is 0. The molecule has 0 aliphatic carbocycles. The van der Waals surface area contributed by atoms with E-state index in [1.54, 1.807) is 6.20 Å². The fourth-order valence-electron chi connectivity index (χ4n) is 0.996. The fraction of sp³-hybridized carbons (Fsp3) is 0. The van der Waals surface area contributed by atoms with Gasteiger partial charge in [0, 0.05) is 6.20 Å². The third-order valence-corrected chi connectivity index (χ3v) is 1.50. The molecule has 1 aromatic heterocycles. The second-order valence-corrected chi connectivity index (χ2v) is 2.35. The van der Waals surface area contributed by atoms with Gasteiger partial charge in [0.15, 0.2) is 0 Å². The molecule has 0 atom stereocenters. The normalized spacial score (nSPS) is 10.3. The molecule has 1 aromatic carbocycles. The Kier molecular flexibility index (Phi) is 1.32. The highest BCUT2D eigenvalue weighted by atomic mass is 14.8. The molecule has 0 fully saturated rings. The first-order chi connectivity index (χ1) is 5.36. The van der Waals surface area contributed by atoms with Crippen LogP contribution in [0.4, 0.5) is 0 Å². The molecule has 2 rings (SSSR count). The number of para-hydroxylation sites is 2. The van der Waals surface area contributed by atoms with Crippen LogP contribution in [0, 0.1) is 6.92 Å². The Bertz CT molecular complexity index is 382. The van der Waals surface area contributed by atoms with Crippen LogP contribution in [0.15, 0.2) is 30.5 Å². The molecule has 0 saturated carbocycles. The minimum absolute atomic E-state index is 0.712. The van der Waals surface area contributed by atoms with Crippen LogP contribution in [0.1, 0.15) is 5.69 Å². The van der Waals surface area contributed by atoms with E-state index in [0.29, 0.717) is 5.69 Å². The van der Waals surface area contributed by atoms with Gasteiger partial charge in [0.1, 0.15) is 0 Å². The van der Waals surface area contributed by atoms with Crippen LogP contribution in [0.25, 0.3) is 11.0 Å².